The highest BCUT2D eigenvalue weighted by atomic mass is 35.5. The van der Waals surface area contributed by atoms with Crippen LogP contribution in [0.2, 0.25) is 5.02 Å². The molecule has 4 aromatic rings. The van der Waals surface area contributed by atoms with Gasteiger partial charge in [-0.05, 0) is 30.3 Å². The van der Waals surface area contributed by atoms with Gasteiger partial charge in [0.25, 0.3) is 0 Å². The summed E-state index contributed by atoms with van der Waals surface area (Å²) in [5.74, 6) is 1.58. The molecule has 0 spiro atoms. The summed E-state index contributed by atoms with van der Waals surface area (Å²) in [4.78, 5) is 13.8. The van der Waals surface area contributed by atoms with Crippen molar-refractivity contribution in [1.82, 2.24) is 24.5 Å². The fourth-order valence-corrected chi connectivity index (χ4v) is 4.43. The lowest BCUT2D eigenvalue weighted by atomic mass is 10.1. The third-order valence-corrected chi connectivity index (χ3v) is 6.42. The normalized spacial score (nSPS) is 14.2. The average molecular weight is 504 g/mol. The summed E-state index contributed by atoms with van der Waals surface area (Å²) in [5, 5.41) is 14.6. The Hall–Kier alpha value is -3.71. The standard InChI is InChI=1S/C26H26ClN7O2/c1-35-10-11-36-23-12-24(26-20(13-28)15-31-34(26)18-23)19-2-5-25(30-14-19)33-8-6-32(7-9-33)17-22-4-3-21(27)16-29-22/h2-5,12,14-16,18H,6-11,17H2,1H3. The molecule has 0 atom stereocenters. The molecule has 1 aliphatic heterocycles. The second-order valence-electron chi connectivity index (χ2n) is 8.53. The number of methoxy groups -OCH3 is 1. The Morgan fingerprint density at radius 2 is 1.89 bits per heavy atom. The number of nitrogens with zero attached hydrogens (tertiary/aromatic N) is 7. The summed E-state index contributed by atoms with van der Waals surface area (Å²) in [7, 11) is 1.63. The second-order valence-corrected chi connectivity index (χ2v) is 8.97. The molecule has 0 N–H and O–H groups in total. The van der Waals surface area contributed by atoms with Gasteiger partial charge >= 0.3 is 0 Å². The summed E-state index contributed by atoms with van der Waals surface area (Å²) in [6.07, 6.45) is 6.88. The minimum absolute atomic E-state index is 0.422. The number of fused-ring (bicyclic) bond motifs is 1. The third kappa shape index (κ3) is 5.26. The molecule has 0 saturated carbocycles. The van der Waals surface area contributed by atoms with Gasteiger partial charge in [-0.25, -0.2) is 9.50 Å². The lowest BCUT2D eigenvalue weighted by Gasteiger charge is -2.35. The number of pyridine rings is 3. The summed E-state index contributed by atoms with van der Waals surface area (Å²) in [6.45, 7) is 5.33. The van der Waals surface area contributed by atoms with E-state index in [0.717, 1.165) is 60.9 Å². The highest BCUT2D eigenvalue weighted by Gasteiger charge is 2.19. The van der Waals surface area contributed by atoms with Crippen molar-refractivity contribution in [2.24, 2.45) is 0 Å². The van der Waals surface area contributed by atoms with Gasteiger partial charge in [-0.2, -0.15) is 10.4 Å². The number of hydrogen-bond donors (Lipinski definition) is 0. The van der Waals surface area contributed by atoms with E-state index in [1.165, 1.54) is 0 Å². The molecular weight excluding hydrogens is 478 g/mol. The first-order valence-electron chi connectivity index (χ1n) is 11.7. The van der Waals surface area contributed by atoms with Crippen LogP contribution in [0.15, 0.2) is 55.1 Å². The summed E-state index contributed by atoms with van der Waals surface area (Å²) in [6, 6.07) is 12.1. The molecular formula is C26H26ClN7O2. The van der Waals surface area contributed by atoms with Crippen LogP contribution in [0, 0.1) is 11.3 Å². The topological polar surface area (TPSA) is 91.8 Å². The van der Waals surface area contributed by atoms with E-state index in [2.05, 4.69) is 26.0 Å². The first kappa shape index (κ1) is 24.0. The molecule has 0 aromatic carbocycles. The van der Waals surface area contributed by atoms with Gasteiger partial charge in [0.05, 0.1) is 40.8 Å². The molecule has 0 bridgehead atoms. The van der Waals surface area contributed by atoms with Gasteiger partial charge < -0.3 is 14.4 Å². The fourth-order valence-electron chi connectivity index (χ4n) is 4.32. The van der Waals surface area contributed by atoms with E-state index in [1.54, 1.807) is 30.2 Å². The Balaban J connectivity index is 1.31. The van der Waals surface area contributed by atoms with Crippen molar-refractivity contribution in [3.8, 4) is 22.9 Å². The average Bonchev–Trinajstić information content (AvgIpc) is 3.33. The predicted molar refractivity (Wildman–Crippen MR) is 137 cm³/mol. The molecule has 0 aliphatic carbocycles. The minimum atomic E-state index is 0.422. The van der Waals surface area contributed by atoms with Crippen LogP contribution in [-0.2, 0) is 11.3 Å². The van der Waals surface area contributed by atoms with Gasteiger partial charge in [0.2, 0.25) is 0 Å². The summed E-state index contributed by atoms with van der Waals surface area (Å²) in [5.41, 5.74) is 4.00. The van der Waals surface area contributed by atoms with Crippen LogP contribution >= 0.6 is 11.6 Å². The number of anilines is 1. The van der Waals surface area contributed by atoms with Gasteiger partial charge in [0.1, 0.15) is 24.2 Å². The number of rotatable bonds is 8. The van der Waals surface area contributed by atoms with Crippen molar-refractivity contribution < 1.29 is 9.47 Å². The van der Waals surface area contributed by atoms with Crippen LogP contribution in [0.25, 0.3) is 16.6 Å². The van der Waals surface area contributed by atoms with Crippen molar-refractivity contribution in [3.63, 3.8) is 0 Å². The SMILES string of the molecule is COCCOc1cc(-c2ccc(N3CCN(Cc4ccc(Cl)cn4)CC3)nc2)c2c(C#N)cnn2c1. The van der Waals surface area contributed by atoms with E-state index >= 15 is 0 Å². The largest absolute Gasteiger partial charge is 0.490 e. The van der Waals surface area contributed by atoms with E-state index in [-0.39, 0.29) is 0 Å². The zero-order chi connectivity index (χ0) is 24.9. The maximum Gasteiger partial charge on any atom is 0.138 e. The molecule has 5 heterocycles. The van der Waals surface area contributed by atoms with E-state index in [9.17, 15) is 5.26 Å². The third-order valence-electron chi connectivity index (χ3n) is 6.19. The van der Waals surface area contributed by atoms with Crippen molar-refractivity contribution in [2.75, 3.05) is 51.4 Å². The Morgan fingerprint density at radius 1 is 1.03 bits per heavy atom. The molecule has 1 fully saturated rings. The first-order chi connectivity index (χ1) is 17.6. The molecule has 1 aliphatic rings. The van der Waals surface area contributed by atoms with Crippen molar-refractivity contribution in [3.05, 3.63) is 71.4 Å². The van der Waals surface area contributed by atoms with Crippen LogP contribution in [-0.4, -0.2) is 71.0 Å². The Labute approximate surface area is 214 Å². The maximum atomic E-state index is 9.59. The van der Waals surface area contributed by atoms with Crippen molar-refractivity contribution >= 4 is 22.9 Å². The molecule has 10 heteroatoms. The number of piperazine rings is 1. The Bertz CT molecular complexity index is 1360. The number of nitriles is 1. The smallest absolute Gasteiger partial charge is 0.138 e. The minimum Gasteiger partial charge on any atom is -0.490 e. The summed E-state index contributed by atoms with van der Waals surface area (Å²) >= 11 is 5.94. The molecule has 5 rings (SSSR count). The number of halogens is 1. The van der Waals surface area contributed by atoms with E-state index < -0.39 is 0 Å². The highest BCUT2D eigenvalue weighted by molar-refractivity contribution is 6.30. The van der Waals surface area contributed by atoms with Crippen LogP contribution in [0.3, 0.4) is 0 Å². The number of ether oxygens (including phenoxy) is 2. The molecule has 4 aromatic heterocycles. The Kier molecular flexibility index (Phi) is 7.28. The fraction of sp³-hybridized carbons (Fsp3) is 0.308. The van der Waals surface area contributed by atoms with Crippen LogP contribution in [0.5, 0.6) is 5.75 Å². The zero-order valence-electron chi connectivity index (χ0n) is 20.0. The number of hydrogen-bond acceptors (Lipinski definition) is 8. The van der Waals surface area contributed by atoms with Crippen LogP contribution in [0.1, 0.15) is 11.3 Å². The van der Waals surface area contributed by atoms with E-state index in [1.807, 2.05) is 36.5 Å². The highest BCUT2D eigenvalue weighted by Crippen LogP contribution is 2.31. The lowest BCUT2D eigenvalue weighted by molar-refractivity contribution is 0.146. The zero-order valence-corrected chi connectivity index (χ0v) is 20.7. The quantitative estimate of drug-likeness (QED) is 0.336. The van der Waals surface area contributed by atoms with Crippen LogP contribution < -0.4 is 9.64 Å². The molecule has 9 nitrogen and oxygen atoms in total. The first-order valence-corrected chi connectivity index (χ1v) is 12.1. The molecule has 0 unspecified atom stereocenters. The van der Waals surface area contributed by atoms with Gasteiger partial charge in [0, 0.05) is 63.4 Å². The van der Waals surface area contributed by atoms with Crippen molar-refractivity contribution in [1.29, 1.82) is 5.26 Å². The molecule has 1 saturated heterocycles. The van der Waals surface area contributed by atoms with Gasteiger partial charge in [-0.3, -0.25) is 9.88 Å². The number of aromatic nitrogens is 4. The molecule has 36 heavy (non-hydrogen) atoms. The molecule has 184 valence electrons. The second kappa shape index (κ2) is 10.9. The predicted octanol–water partition coefficient (Wildman–Crippen LogP) is 3.66. The van der Waals surface area contributed by atoms with E-state index in [0.29, 0.717) is 29.5 Å². The van der Waals surface area contributed by atoms with Gasteiger partial charge in [0.15, 0.2) is 0 Å². The molecule has 0 amide bonds. The van der Waals surface area contributed by atoms with Gasteiger partial charge in [-0.15, -0.1) is 0 Å². The Morgan fingerprint density at radius 3 is 2.58 bits per heavy atom. The van der Waals surface area contributed by atoms with Crippen LogP contribution in [0.4, 0.5) is 5.82 Å². The maximum absolute atomic E-state index is 9.59. The van der Waals surface area contributed by atoms with Crippen molar-refractivity contribution in [2.45, 2.75) is 6.54 Å². The molecule has 0 radical (unpaired) electrons. The summed E-state index contributed by atoms with van der Waals surface area (Å²) < 4.78 is 12.6. The van der Waals surface area contributed by atoms with Gasteiger partial charge in [-0.1, -0.05) is 11.6 Å². The lowest BCUT2D eigenvalue weighted by Crippen LogP contribution is -2.46. The van der Waals surface area contributed by atoms with E-state index in [4.69, 9.17) is 26.1 Å². The monoisotopic (exact) mass is 503 g/mol.